The second kappa shape index (κ2) is 4.18. The Bertz CT molecular complexity index is 346. The van der Waals surface area contributed by atoms with Crippen LogP contribution in [0.5, 0.6) is 0 Å². The molecule has 1 nitrogen and oxygen atoms in total. The van der Waals surface area contributed by atoms with Crippen LogP contribution in [0.4, 0.5) is 17.6 Å². The van der Waals surface area contributed by atoms with Gasteiger partial charge in [-0.25, -0.2) is 4.39 Å². The van der Waals surface area contributed by atoms with E-state index in [4.69, 9.17) is 5.73 Å². The van der Waals surface area contributed by atoms with Gasteiger partial charge in [-0.15, -0.1) is 0 Å². The molecule has 1 aromatic carbocycles. The highest BCUT2D eigenvalue weighted by atomic mass is 19.4. The molecule has 1 aromatic rings. The average molecular weight is 221 g/mol. The van der Waals surface area contributed by atoms with Crippen molar-refractivity contribution in [1.82, 2.24) is 0 Å². The quantitative estimate of drug-likeness (QED) is 0.763. The number of benzene rings is 1. The van der Waals surface area contributed by atoms with Crippen molar-refractivity contribution in [1.29, 1.82) is 0 Å². The minimum atomic E-state index is -4.47. The molecule has 0 saturated heterocycles. The van der Waals surface area contributed by atoms with Gasteiger partial charge in [0.2, 0.25) is 0 Å². The SMILES string of the molecule is CC(CN)c1cc(F)ccc1C(F)(F)F. The maximum absolute atomic E-state index is 12.8. The van der Waals surface area contributed by atoms with Gasteiger partial charge in [-0.05, 0) is 36.2 Å². The lowest BCUT2D eigenvalue weighted by molar-refractivity contribution is -0.138. The van der Waals surface area contributed by atoms with Crippen LogP contribution in [-0.4, -0.2) is 6.54 Å². The third kappa shape index (κ3) is 2.68. The summed E-state index contributed by atoms with van der Waals surface area (Å²) in [5.41, 5.74) is 4.37. The highest BCUT2D eigenvalue weighted by molar-refractivity contribution is 5.33. The Kier molecular flexibility index (Phi) is 3.34. The summed E-state index contributed by atoms with van der Waals surface area (Å²) < 4.78 is 50.4. The smallest absolute Gasteiger partial charge is 0.330 e. The van der Waals surface area contributed by atoms with Gasteiger partial charge in [-0.3, -0.25) is 0 Å². The number of hydrogen-bond acceptors (Lipinski definition) is 1. The van der Waals surface area contributed by atoms with E-state index in [0.717, 1.165) is 18.2 Å². The van der Waals surface area contributed by atoms with Crippen LogP contribution in [0.3, 0.4) is 0 Å². The second-order valence-electron chi connectivity index (χ2n) is 3.37. The van der Waals surface area contributed by atoms with Crippen molar-refractivity contribution in [2.24, 2.45) is 5.73 Å². The topological polar surface area (TPSA) is 26.0 Å². The Morgan fingerprint density at radius 2 is 1.93 bits per heavy atom. The van der Waals surface area contributed by atoms with E-state index in [-0.39, 0.29) is 12.1 Å². The van der Waals surface area contributed by atoms with Crippen LogP contribution < -0.4 is 5.73 Å². The second-order valence-corrected chi connectivity index (χ2v) is 3.37. The Morgan fingerprint density at radius 1 is 1.33 bits per heavy atom. The summed E-state index contributed by atoms with van der Waals surface area (Å²) in [4.78, 5) is 0. The third-order valence-corrected chi connectivity index (χ3v) is 2.20. The molecule has 0 spiro atoms. The van der Waals surface area contributed by atoms with E-state index in [1.165, 1.54) is 6.92 Å². The first-order chi connectivity index (χ1) is 6.86. The number of halogens is 4. The molecule has 0 bridgehead atoms. The van der Waals surface area contributed by atoms with Gasteiger partial charge >= 0.3 is 6.18 Å². The molecule has 0 heterocycles. The number of nitrogens with two attached hydrogens (primary N) is 1. The van der Waals surface area contributed by atoms with Crippen LogP contribution in [0.2, 0.25) is 0 Å². The van der Waals surface area contributed by atoms with Crippen LogP contribution >= 0.6 is 0 Å². The summed E-state index contributed by atoms with van der Waals surface area (Å²) in [5, 5.41) is 0. The molecule has 0 amide bonds. The van der Waals surface area contributed by atoms with Crippen molar-refractivity contribution in [3.63, 3.8) is 0 Å². The zero-order valence-corrected chi connectivity index (χ0v) is 8.11. The van der Waals surface area contributed by atoms with Gasteiger partial charge in [-0.2, -0.15) is 13.2 Å². The fraction of sp³-hybridized carbons (Fsp3) is 0.400. The third-order valence-electron chi connectivity index (χ3n) is 2.20. The molecule has 0 saturated carbocycles. The maximum atomic E-state index is 12.8. The van der Waals surface area contributed by atoms with Gasteiger partial charge in [0.1, 0.15) is 5.82 Å². The fourth-order valence-electron chi connectivity index (χ4n) is 1.33. The molecule has 0 aromatic heterocycles. The largest absolute Gasteiger partial charge is 0.416 e. The number of hydrogen-bond donors (Lipinski definition) is 1. The predicted molar refractivity (Wildman–Crippen MR) is 48.9 cm³/mol. The fourth-order valence-corrected chi connectivity index (χ4v) is 1.33. The first-order valence-corrected chi connectivity index (χ1v) is 4.43. The summed E-state index contributed by atoms with van der Waals surface area (Å²) >= 11 is 0. The minimum Gasteiger partial charge on any atom is -0.330 e. The standard InChI is InChI=1S/C10H11F4N/c1-6(5-15)8-4-7(11)2-3-9(8)10(12,13)14/h2-4,6H,5,15H2,1H3. The Hall–Kier alpha value is -1.10. The van der Waals surface area contributed by atoms with Crippen molar-refractivity contribution >= 4 is 0 Å². The molecular weight excluding hydrogens is 210 g/mol. The highest BCUT2D eigenvalue weighted by Crippen LogP contribution is 2.35. The Morgan fingerprint density at radius 3 is 2.40 bits per heavy atom. The molecule has 0 aliphatic carbocycles. The average Bonchev–Trinajstić information content (AvgIpc) is 2.14. The van der Waals surface area contributed by atoms with E-state index in [0.29, 0.717) is 0 Å². The van der Waals surface area contributed by atoms with E-state index in [9.17, 15) is 17.6 Å². The predicted octanol–water partition coefficient (Wildman–Crippen LogP) is 2.91. The van der Waals surface area contributed by atoms with Crippen molar-refractivity contribution in [3.05, 3.63) is 35.1 Å². The lowest BCUT2D eigenvalue weighted by atomic mass is 9.95. The molecule has 1 unspecified atom stereocenters. The lowest BCUT2D eigenvalue weighted by Crippen LogP contribution is -2.16. The molecule has 0 fully saturated rings. The monoisotopic (exact) mass is 221 g/mol. The summed E-state index contributed by atoms with van der Waals surface area (Å²) in [6.07, 6.45) is -4.47. The molecule has 0 aliphatic heterocycles. The molecule has 2 N–H and O–H groups in total. The molecule has 5 heteroatoms. The highest BCUT2D eigenvalue weighted by Gasteiger charge is 2.34. The van der Waals surface area contributed by atoms with E-state index >= 15 is 0 Å². The molecule has 84 valence electrons. The molecule has 1 rings (SSSR count). The summed E-state index contributed by atoms with van der Waals surface area (Å²) in [6, 6.07) is 2.44. The van der Waals surface area contributed by atoms with Crippen LogP contribution in [0.25, 0.3) is 0 Å². The Labute approximate surface area is 84.9 Å². The van der Waals surface area contributed by atoms with Crippen molar-refractivity contribution in [3.8, 4) is 0 Å². The van der Waals surface area contributed by atoms with Crippen LogP contribution in [-0.2, 0) is 6.18 Å². The van der Waals surface area contributed by atoms with E-state index in [2.05, 4.69) is 0 Å². The van der Waals surface area contributed by atoms with Gasteiger partial charge < -0.3 is 5.73 Å². The molecule has 15 heavy (non-hydrogen) atoms. The molecule has 0 aliphatic rings. The van der Waals surface area contributed by atoms with E-state index in [1.807, 2.05) is 0 Å². The van der Waals surface area contributed by atoms with Crippen LogP contribution in [0.15, 0.2) is 18.2 Å². The maximum Gasteiger partial charge on any atom is 0.416 e. The number of alkyl halides is 3. The molecule has 0 radical (unpaired) electrons. The first kappa shape index (κ1) is 12.0. The molecular formula is C10H11F4N. The lowest BCUT2D eigenvalue weighted by Gasteiger charge is -2.16. The van der Waals surface area contributed by atoms with Crippen LogP contribution in [0.1, 0.15) is 24.0 Å². The van der Waals surface area contributed by atoms with Gasteiger partial charge in [0.15, 0.2) is 0 Å². The Balaban J connectivity index is 3.27. The van der Waals surface area contributed by atoms with E-state index in [1.54, 1.807) is 0 Å². The zero-order valence-electron chi connectivity index (χ0n) is 8.11. The number of rotatable bonds is 2. The van der Waals surface area contributed by atoms with Crippen molar-refractivity contribution in [2.75, 3.05) is 6.54 Å². The van der Waals surface area contributed by atoms with Gasteiger partial charge in [0, 0.05) is 0 Å². The summed E-state index contributed by atoms with van der Waals surface area (Å²) in [7, 11) is 0. The minimum absolute atomic E-state index is 0.0481. The van der Waals surface area contributed by atoms with E-state index < -0.39 is 23.5 Å². The summed E-state index contributed by atoms with van der Waals surface area (Å²) in [6.45, 7) is 1.58. The van der Waals surface area contributed by atoms with Gasteiger partial charge in [0.25, 0.3) is 0 Å². The first-order valence-electron chi connectivity index (χ1n) is 4.43. The van der Waals surface area contributed by atoms with Gasteiger partial charge in [-0.1, -0.05) is 6.92 Å². The molecule has 1 atom stereocenters. The zero-order chi connectivity index (χ0) is 11.6. The normalized spacial score (nSPS) is 14.0. The van der Waals surface area contributed by atoms with Crippen molar-refractivity contribution in [2.45, 2.75) is 19.0 Å². The summed E-state index contributed by atoms with van der Waals surface area (Å²) in [5.74, 6) is -1.20. The van der Waals surface area contributed by atoms with Crippen LogP contribution in [0, 0.1) is 5.82 Å². The van der Waals surface area contributed by atoms with Crippen molar-refractivity contribution < 1.29 is 17.6 Å². The van der Waals surface area contributed by atoms with Gasteiger partial charge in [0.05, 0.1) is 5.56 Å².